The van der Waals surface area contributed by atoms with Gasteiger partial charge in [0.2, 0.25) is 0 Å². The van der Waals surface area contributed by atoms with Gasteiger partial charge in [-0.1, -0.05) is 12.1 Å². The van der Waals surface area contributed by atoms with E-state index in [0.29, 0.717) is 0 Å². The lowest BCUT2D eigenvalue weighted by atomic mass is 9.90. The molecule has 2 aliphatic rings. The molecule has 0 amide bonds. The van der Waals surface area contributed by atoms with Crippen LogP contribution in [-0.4, -0.2) is 56.1 Å². The zero-order valence-corrected chi connectivity index (χ0v) is 11.9. The zero-order chi connectivity index (χ0) is 13.2. The number of hydrogen-bond donors (Lipinski definition) is 0. The summed E-state index contributed by atoms with van der Waals surface area (Å²) in [5, 5.41) is 0. The molecular formula is C13H24BNO3. The molecule has 2 heterocycles. The molecule has 18 heavy (non-hydrogen) atoms. The minimum Gasteiger partial charge on any atom is -0.400 e. The van der Waals surface area contributed by atoms with Crippen LogP contribution in [0.1, 0.15) is 27.7 Å². The van der Waals surface area contributed by atoms with Gasteiger partial charge < -0.3 is 14.0 Å². The molecule has 2 saturated heterocycles. The number of morpholine rings is 1. The molecule has 0 saturated carbocycles. The molecule has 2 fully saturated rings. The minimum absolute atomic E-state index is 0.226. The van der Waals surface area contributed by atoms with E-state index in [-0.39, 0.29) is 18.3 Å². The molecule has 0 atom stereocenters. The quantitative estimate of drug-likeness (QED) is 0.713. The van der Waals surface area contributed by atoms with Crippen molar-refractivity contribution in [2.45, 2.75) is 38.9 Å². The summed E-state index contributed by atoms with van der Waals surface area (Å²) < 4.78 is 17.1. The van der Waals surface area contributed by atoms with Crippen LogP contribution in [0, 0.1) is 0 Å². The molecule has 0 aromatic rings. The van der Waals surface area contributed by atoms with E-state index in [2.05, 4.69) is 38.7 Å². The average Bonchev–Trinajstić information content (AvgIpc) is 2.49. The van der Waals surface area contributed by atoms with Gasteiger partial charge in [-0.25, -0.2) is 0 Å². The fourth-order valence-electron chi connectivity index (χ4n) is 2.07. The summed E-state index contributed by atoms with van der Waals surface area (Å²) in [4.78, 5) is 2.37. The maximum atomic E-state index is 5.90. The van der Waals surface area contributed by atoms with Crippen LogP contribution in [0.5, 0.6) is 0 Å². The Labute approximate surface area is 110 Å². The van der Waals surface area contributed by atoms with Gasteiger partial charge in [-0.3, -0.25) is 4.90 Å². The van der Waals surface area contributed by atoms with Crippen molar-refractivity contribution in [2.24, 2.45) is 0 Å². The molecule has 0 radical (unpaired) electrons. The van der Waals surface area contributed by atoms with Gasteiger partial charge >= 0.3 is 7.12 Å². The molecule has 0 aromatic carbocycles. The Balaban J connectivity index is 1.80. The predicted octanol–water partition coefficient (Wildman–Crippen LogP) is 1.51. The van der Waals surface area contributed by atoms with Gasteiger partial charge in [0.25, 0.3) is 0 Å². The second kappa shape index (κ2) is 5.33. The average molecular weight is 253 g/mol. The lowest BCUT2D eigenvalue weighted by Gasteiger charge is -2.32. The largest absolute Gasteiger partial charge is 0.486 e. The Bertz CT molecular complexity index is 295. The van der Waals surface area contributed by atoms with Crippen molar-refractivity contribution in [2.75, 3.05) is 32.8 Å². The summed E-state index contributed by atoms with van der Waals surface area (Å²) in [7, 11) is -0.226. The summed E-state index contributed by atoms with van der Waals surface area (Å²) >= 11 is 0. The van der Waals surface area contributed by atoms with Crippen LogP contribution in [0.4, 0.5) is 0 Å². The van der Waals surface area contributed by atoms with Gasteiger partial charge in [-0.15, -0.1) is 0 Å². The second-order valence-electron chi connectivity index (χ2n) is 5.97. The molecule has 2 rings (SSSR count). The van der Waals surface area contributed by atoms with Gasteiger partial charge in [-0.2, -0.15) is 0 Å². The smallest absolute Gasteiger partial charge is 0.400 e. The molecule has 2 aliphatic heterocycles. The van der Waals surface area contributed by atoms with Crippen molar-refractivity contribution >= 4 is 7.12 Å². The van der Waals surface area contributed by atoms with E-state index in [0.717, 1.165) is 32.8 Å². The lowest BCUT2D eigenvalue weighted by molar-refractivity contribution is 0.00578. The fourth-order valence-corrected chi connectivity index (χ4v) is 2.07. The first-order valence-corrected chi connectivity index (χ1v) is 6.73. The standard InChI is InChI=1S/C13H24BNO3/c1-12(2)13(3,4)18-14(17-12)6-5-7-15-8-10-16-11-9-15/h5-6H,7-11H2,1-4H3. The van der Waals surface area contributed by atoms with Crippen LogP contribution in [0.2, 0.25) is 0 Å². The third-order valence-electron chi connectivity index (χ3n) is 4.03. The fraction of sp³-hybridized carbons (Fsp3) is 0.846. The molecule has 0 aromatic heterocycles. The van der Waals surface area contributed by atoms with Crippen molar-refractivity contribution in [3.05, 3.63) is 12.1 Å². The van der Waals surface area contributed by atoms with Crippen LogP contribution in [-0.2, 0) is 14.0 Å². The van der Waals surface area contributed by atoms with E-state index >= 15 is 0 Å². The molecule has 0 unspecified atom stereocenters. The summed E-state index contributed by atoms with van der Waals surface area (Å²) in [5.41, 5.74) is -0.498. The summed E-state index contributed by atoms with van der Waals surface area (Å²) in [6.07, 6.45) is 2.13. The number of rotatable bonds is 3. The lowest BCUT2D eigenvalue weighted by Crippen LogP contribution is -2.41. The van der Waals surface area contributed by atoms with E-state index in [1.54, 1.807) is 0 Å². The third kappa shape index (κ3) is 3.15. The Morgan fingerprint density at radius 3 is 2.17 bits per heavy atom. The molecule has 0 N–H and O–H groups in total. The monoisotopic (exact) mass is 253 g/mol. The number of ether oxygens (including phenoxy) is 1. The van der Waals surface area contributed by atoms with Gasteiger partial charge in [-0.05, 0) is 27.7 Å². The summed E-state index contributed by atoms with van der Waals surface area (Å²) in [6, 6.07) is 0. The van der Waals surface area contributed by atoms with Gasteiger partial charge in [0.05, 0.1) is 24.4 Å². The Morgan fingerprint density at radius 2 is 1.61 bits per heavy atom. The topological polar surface area (TPSA) is 30.9 Å². The maximum Gasteiger partial charge on any atom is 0.486 e. The second-order valence-corrected chi connectivity index (χ2v) is 5.97. The molecule has 0 spiro atoms. The van der Waals surface area contributed by atoms with E-state index in [4.69, 9.17) is 14.0 Å². The number of hydrogen-bond acceptors (Lipinski definition) is 4. The highest BCUT2D eigenvalue weighted by Crippen LogP contribution is 2.36. The highest BCUT2D eigenvalue weighted by Gasteiger charge is 2.49. The van der Waals surface area contributed by atoms with Gasteiger partial charge in [0.1, 0.15) is 0 Å². The van der Waals surface area contributed by atoms with Crippen LogP contribution in [0.3, 0.4) is 0 Å². The van der Waals surface area contributed by atoms with Crippen LogP contribution >= 0.6 is 0 Å². The normalized spacial score (nSPS) is 28.1. The Morgan fingerprint density at radius 1 is 1.06 bits per heavy atom. The maximum absolute atomic E-state index is 5.90. The molecule has 102 valence electrons. The van der Waals surface area contributed by atoms with E-state index in [1.807, 2.05) is 5.98 Å². The third-order valence-corrected chi connectivity index (χ3v) is 4.03. The molecule has 4 nitrogen and oxygen atoms in total. The highest BCUT2D eigenvalue weighted by atomic mass is 16.7. The predicted molar refractivity (Wildman–Crippen MR) is 72.5 cm³/mol. The van der Waals surface area contributed by atoms with Crippen molar-refractivity contribution in [3.63, 3.8) is 0 Å². The minimum atomic E-state index is -0.249. The van der Waals surface area contributed by atoms with E-state index < -0.39 is 0 Å². The zero-order valence-electron chi connectivity index (χ0n) is 11.9. The number of nitrogens with zero attached hydrogens (tertiary/aromatic N) is 1. The van der Waals surface area contributed by atoms with Crippen molar-refractivity contribution in [1.29, 1.82) is 0 Å². The van der Waals surface area contributed by atoms with E-state index in [9.17, 15) is 0 Å². The SMILES string of the molecule is CC1(C)OB(C=CCN2CCOCC2)OC1(C)C. The van der Waals surface area contributed by atoms with Gasteiger partial charge in [0, 0.05) is 19.6 Å². The Kier molecular flexibility index (Phi) is 4.16. The molecule has 0 aliphatic carbocycles. The first-order chi connectivity index (χ1) is 8.41. The van der Waals surface area contributed by atoms with E-state index in [1.165, 1.54) is 0 Å². The molecule has 0 bridgehead atoms. The van der Waals surface area contributed by atoms with Crippen LogP contribution in [0.15, 0.2) is 12.1 Å². The molecule has 5 heteroatoms. The molecular weight excluding hydrogens is 229 g/mol. The Hall–Kier alpha value is -0.355. The van der Waals surface area contributed by atoms with Crippen molar-refractivity contribution < 1.29 is 14.0 Å². The summed E-state index contributed by atoms with van der Waals surface area (Å²) in [6.45, 7) is 12.9. The summed E-state index contributed by atoms with van der Waals surface area (Å²) in [5.74, 6) is 2.02. The van der Waals surface area contributed by atoms with Crippen LogP contribution < -0.4 is 0 Å². The van der Waals surface area contributed by atoms with Crippen LogP contribution in [0.25, 0.3) is 0 Å². The first-order valence-electron chi connectivity index (χ1n) is 6.73. The first kappa shape index (κ1) is 14.1. The van der Waals surface area contributed by atoms with Crippen molar-refractivity contribution in [1.82, 2.24) is 4.90 Å². The highest BCUT2D eigenvalue weighted by molar-refractivity contribution is 6.51. The van der Waals surface area contributed by atoms with Gasteiger partial charge in [0.15, 0.2) is 0 Å². The van der Waals surface area contributed by atoms with Crippen molar-refractivity contribution in [3.8, 4) is 0 Å².